The number of aromatic nitrogens is 2. The molecule has 0 bridgehead atoms. The highest BCUT2D eigenvalue weighted by Gasteiger charge is 2.20. The first kappa shape index (κ1) is 27.3. The lowest BCUT2D eigenvalue weighted by atomic mass is 9.93. The van der Waals surface area contributed by atoms with Crippen LogP contribution < -0.4 is 0 Å². The first-order chi connectivity index (χ1) is 24.8. The minimum absolute atomic E-state index is 1.16. The maximum Gasteiger partial charge on any atom is 0.0553 e. The summed E-state index contributed by atoms with van der Waals surface area (Å²) < 4.78 is 4.85. The number of hydrogen-bond donors (Lipinski definition) is 0. The van der Waals surface area contributed by atoms with Crippen LogP contribution in [0.15, 0.2) is 182 Å². The van der Waals surface area contributed by atoms with Crippen molar-refractivity contribution in [2.45, 2.75) is 0 Å². The van der Waals surface area contributed by atoms with Gasteiger partial charge in [-0.1, -0.05) is 121 Å². The van der Waals surface area contributed by atoms with Gasteiger partial charge in [0, 0.05) is 32.9 Å². The van der Waals surface area contributed by atoms with Gasteiger partial charge in [0.05, 0.1) is 22.1 Å². The third kappa shape index (κ3) is 3.85. The average Bonchev–Trinajstić information content (AvgIpc) is 3.71. The van der Waals surface area contributed by atoms with Crippen molar-refractivity contribution in [3.05, 3.63) is 182 Å². The molecule has 0 amide bonds. The number of hydrogen-bond acceptors (Lipinski definition) is 0. The van der Waals surface area contributed by atoms with E-state index < -0.39 is 0 Å². The summed E-state index contributed by atoms with van der Waals surface area (Å²) in [6, 6.07) is 66.8. The molecule has 2 heterocycles. The van der Waals surface area contributed by atoms with Crippen molar-refractivity contribution in [3.8, 4) is 22.5 Å². The van der Waals surface area contributed by atoms with Crippen molar-refractivity contribution in [2.75, 3.05) is 0 Å². The van der Waals surface area contributed by atoms with Gasteiger partial charge in [0.1, 0.15) is 0 Å². The van der Waals surface area contributed by atoms with E-state index in [4.69, 9.17) is 0 Å². The topological polar surface area (TPSA) is 9.86 Å². The maximum absolute atomic E-state index is 2.46. The Labute approximate surface area is 288 Å². The molecule has 0 unspecified atom stereocenters. The van der Waals surface area contributed by atoms with Crippen LogP contribution in [0, 0.1) is 0 Å². The molecule has 11 aromatic rings. The molecule has 0 saturated carbocycles. The smallest absolute Gasteiger partial charge is 0.0553 e. The van der Waals surface area contributed by atoms with Crippen molar-refractivity contribution in [2.24, 2.45) is 0 Å². The van der Waals surface area contributed by atoms with Crippen LogP contribution in [0.1, 0.15) is 0 Å². The molecule has 2 nitrogen and oxygen atoms in total. The fourth-order valence-electron chi connectivity index (χ4n) is 8.47. The van der Waals surface area contributed by atoms with Gasteiger partial charge in [-0.25, -0.2) is 0 Å². The Bertz CT molecular complexity index is 3070. The molecular weight excluding hydrogens is 605 g/mol. The molecule has 2 heteroatoms. The van der Waals surface area contributed by atoms with Crippen molar-refractivity contribution < 1.29 is 0 Å². The average molecular weight is 635 g/mol. The molecule has 232 valence electrons. The Morgan fingerprint density at radius 1 is 0.280 bits per heavy atom. The van der Waals surface area contributed by atoms with Crippen molar-refractivity contribution in [3.63, 3.8) is 0 Å². The zero-order valence-corrected chi connectivity index (χ0v) is 27.2. The highest BCUT2D eigenvalue weighted by Crippen LogP contribution is 2.44. The lowest BCUT2D eigenvalue weighted by molar-refractivity contribution is 1.18. The van der Waals surface area contributed by atoms with E-state index >= 15 is 0 Å². The third-order valence-corrected chi connectivity index (χ3v) is 10.7. The molecule has 0 saturated heterocycles. The second-order valence-electron chi connectivity index (χ2n) is 13.3. The standard InChI is InChI=1S/C48H30N2/c1-2-14-35(15-3-1)50-45-27-24-34-28-32-12-4-5-13-33(32)29-42(34)48(45)47-40-19-7-6-16-37(40)41(30-46(47)50)31-22-25-36(26-23-31)49-43-20-10-8-17-38(43)39-18-9-11-21-44(39)49/h1-30H. The molecule has 0 fully saturated rings. The Kier molecular flexibility index (Phi) is 5.70. The van der Waals surface area contributed by atoms with Crippen LogP contribution in [0.2, 0.25) is 0 Å². The van der Waals surface area contributed by atoms with Crippen LogP contribution in [-0.2, 0) is 0 Å². The van der Waals surface area contributed by atoms with Gasteiger partial charge in [-0.2, -0.15) is 0 Å². The van der Waals surface area contributed by atoms with Gasteiger partial charge in [-0.05, 0) is 104 Å². The summed E-state index contributed by atoms with van der Waals surface area (Å²) in [4.78, 5) is 0. The van der Waals surface area contributed by atoms with Gasteiger partial charge in [0.15, 0.2) is 0 Å². The van der Waals surface area contributed by atoms with Gasteiger partial charge in [0.25, 0.3) is 0 Å². The van der Waals surface area contributed by atoms with Gasteiger partial charge in [0.2, 0.25) is 0 Å². The van der Waals surface area contributed by atoms with Crippen molar-refractivity contribution in [1.29, 1.82) is 0 Å². The summed E-state index contributed by atoms with van der Waals surface area (Å²) in [5, 5.41) is 12.8. The Morgan fingerprint density at radius 2 is 0.820 bits per heavy atom. The van der Waals surface area contributed by atoms with E-state index in [0.29, 0.717) is 0 Å². The molecule has 0 aliphatic heterocycles. The van der Waals surface area contributed by atoms with Crippen molar-refractivity contribution >= 4 is 75.9 Å². The maximum atomic E-state index is 2.46. The second kappa shape index (κ2) is 10.4. The van der Waals surface area contributed by atoms with Crippen LogP contribution >= 0.6 is 0 Å². The molecule has 50 heavy (non-hydrogen) atoms. The van der Waals surface area contributed by atoms with E-state index in [-0.39, 0.29) is 0 Å². The van der Waals surface area contributed by atoms with E-state index in [1.54, 1.807) is 0 Å². The highest BCUT2D eigenvalue weighted by molar-refractivity contribution is 6.31. The van der Waals surface area contributed by atoms with E-state index in [9.17, 15) is 0 Å². The van der Waals surface area contributed by atoms with Crippen LogP contribution in [0.5, 0.6) is 0 Å². The van der Waals surface area contributed by atoms with Crippen LogP contribution in [0.4, 0.5) is 0 Å². The number of rotatable bonds is 3. The molecule has 0 atom stereocenters. The molecule has 0 aliphatic rings. The van der Waals surface area contributed by atoms with E-state index in [1.165, 1.54) is 87.1 Å². The minimum Gasteiger partial charge on any atom is -0.309 e. The summed E-state index contributed by atoms with van der Waals surface area (Å²) in [5.41, 5.74) is 9.64. The van der Waals surface area contributed by atoms with Crippen molar-refractivity contribution in [1.82, 2.24) is 9.13 Å². The van der Waals surface area contributed by atoms with Gasteiger partial charge >= 0.3 is 0 Å². The first-order valence-electron chi connectivity index (χ1n) is 17.3. The normalized spacial score (nSPS) is 12.0. The molecule has 9 aromatic carbocycles. The Hall–Kier alpha value is -6.64. The third-order valence-electron chi connectivity index (χ3n) is 10.7. The van der Waals surface area contributed by atoms with Crippen LogP contribution in [0.3, 0.4) is 0 Å². The number of benzene rings is 9. The van der Waals surface area contributed by atoms with Crippen LogP contribution in [0.25, 0.3) is 98.4 Å². The zero-order chi connectivity index (χ0) is 32.8. The number of nitrogens with zero attached hydrogens (tertiary/aromatic N) is 2. The molecule has 0 aliphatic carbocycles. The van der Waals surface area contributed by atoms with E-state index in [0.717, 1.165) is 11.4 Å². The molecule has 0 spiro atoms. The van der Waals surface area contributed by atoms with Gasteiger partial charge in [-0.15, -0.1) is 0 Å². The number of para-hydroxylation sites is 3. The molecule has 0 N–H and O–H groups in total. The first-order valence-corrected chi connectivity index (χ1v) is 17.3. The fraction of sp³-hybridized carbons (Fsp3) is 0. The summed E-state index contributed by atoms with van der Waals surface area (Å²) in [6.07, 6.45) is 0. The molecule has 0 radical (unpaired) electrons. The molecule has 11 rings (SSSR count). The number of fused-ring (bicyclic) bond motifs is 11. The lowest BCUT2D eigenvalue weighted by Crippen LogP contribution is -1.95. The molecular formula is C48H30N2. The van der Waals surface area contributed by atoms with Gasteiger partial charge in [-0.3, -0.25) is 0 Å². The van der Waals surface area contributed by atoms with E-state index in [2.05, 4.69) is 191 Å². The summed E-state index contributed by atoms with van der Waals surface area (Å²) in [6.45, 7) is 0. The predicted octanol–water partition coefficient (Wildman–Crippen LogP) is 13.0. The summed E-state index contributed by atoms with van der Waals surface area (Å²) >= 11 is 0. The predicted molar refractivity (Wildman–Crippen MR) is 213 cm³/mol. The quantitative estimate of drug-likeness (QED) is 0.171. The fourth-order valence-corrected chi connectivity index (χ4v) is 8.47. The largest absolute Gasteiger partial charge is 0.309 e. The Balaban J connectivity index is 1.21. The summed E-state index contributed by atoms with van der Waals surface area (Å²) in [5.74, 6) is 0. The monoisotopic (exact) mass is 634 g/mol. The highest BCUT2D eigenvalue weighted by atomic mass is 15.0. The minimum atomic E-state index is 1.16. The van der Waals surface area contributed by atoms with Gasteiger partial charge < -0.3 is 9.13 Å². The second-order valence-corrected chi connectivity index (χ2v) is 13.3. The SMILES string of the molecule is c1ccc(-n2c3ccc4cc5ccccc5cc4c3c3c4ccccc4c(-c4ccc(-n5c6ccccc6c6ccccc65)cc4)cc32)cc1. The lowest BCUT2D eigenvalue weighted by Gasteiger charge is -2.13. The molecule has 2 aromatic heterocycles. The summed E-state index contributed by atoms with van der Waals surface area (Å²) in [7, 11) is 0. The van der Waals surface area contributed by atoms with E-state index in [1.807, 2.05) is 0 Å². The van der Waals surface area contributed by atoms with Crippen LogP contribution in [-0.4, -0.2) is 9.13 Å². The Morgan fingerprint density at radius 3 is 1.54 bits per heavy atom. The zero-order valence-electron chi connectivity index (χ0n) is 27.2.